The second-order valence-electron chi connectivity index (χ2n) is 4.73. The number of aromatic nitrogens is 1. The predicted molar refractivity (Wildman–Crippen MR) is 67.1 cm³/mol. The number of pyridine rings is 1. The highest BCUT2D eigenvalue weighted by Crippen LogP contribution is 2.33. The van der Waals surface area contributed by atoms with E-state index < -0.39 is 0 Å². The SMILES string of the molecule is Clc1cnc2c(c1)NCC1CCCCC1N2. The van der Waals surface area contributed by atoms with Crippen LogP contribution in [0.25, 0.3) is 0 Å². The number of nitrogens with zero attached hydrogens (tertiary/aromatic N) is 1. The number of anilines is 2. The zero-order chi connectivity index (χ0) is 11.0. The smallest absolute Gasteiger partial charge is 0.149 e. The number of rotatable bonds is 0. The van der Waals surface area contributed by atoms with E-state index in [1.807, 2.05) is 6.07 Å². The molecule has 2 unspecified atom stereocenters. The van der Waals surface area contributed by atoms with E-state index in [1.54, 1.807) is 6.20 Å². The molecule has 1 saturated carbocycles. The van der Waals surface area contributed by atoms with Crippen LogP contribution in [0.2, 0.25) is 5.02 Å². The van der Waals surface area contributed by atoms with Gasteiger partial charge in [-0.3, -0.25) is 0 Å². The molecule has 1 aromatic heterocycles. The lowest BCUT2D eigenvalue weighted by molar-refractivity contribution is 0.341. The molecule has 4 heteroatoms. The zero-order valence-corrected chi connectivity index (χ0v) is 9.93. The summed E-state index contributed by atoms with van der Waals surface area (Å²) in [6.45, 7) is 1.03. The number of hydrogen-bond acceptors (Lipinski definition) is 3. The third-order valence-corrected chi connectivity index (χ3v) is 3.85. The molecule has 1 aliphatic carbocycles. The van der Waals surface area contributed by atoms with E-state index in [9.17, 15) is 0 Å². The summed E-state index contributed by atoms with van der Waals surface area (Å²) in [5.41, 5.74) is 1.04. The van der Waals surface area contributed by atoms with E-state index in [0.717, 1.165) is 24.0 Å². The Morgan fingerprint density at radius 3 is 3.12 bits per heavy atom. The van der Waals surface area contributed by atoms with Crippen molar-refractivity contribution in [2.45, 2.75) is 31.7 Å². The van der Waals surface area contributed by atoms with Crippen molar-refractivity contribution in [2.75, 3.05) is 17.2 Å². The van der Waals surface area contributed by atoms with Crippen LogP contribution < -0.4 is 10.6 Å². The van der Waals surface area contributed by atoms with Crippen LogP contribution in [-0.2, 0) is 0 Å². The Hall–Kier alpha value is -0.960. The molecule has 2 atom stereocenters. The van der Waals surface area contributed by atoms with E-state index in [-0.39, 0.29) is 0 Å². The Morgan fingerprint density at radius 1 is 1.31 bits per heavy atom. The van der Waals surface area contributed by atoms with Crippen molar-refractivity contribution in [1.29, 1.82) is 0 Å². The van der Waals surface area contributed by atoms with Gasteiger partial charge in [-0.25, -0.2) is 4.98 Å². The lowest BCUT2D eigenvalue weighted by atomic mass is 9.85. The largest absolute Gasteiger partial charge is 0.382 e. The Morgan fingerprint density at radius 2 is 2.19 bits per heavy atom. The topological polar surface area (TPSA) is 37.0 Å². The standard InChI is InChI=1S/C12H16ClN3/c13-9-5-11-12(15-7-9)16-10-4-2-1-3-8(10)6-14-11/h5,7-8,10,14H,1-4,6H2,(H,15,16). The van der Waals surface area contributed by atoms with Crippen molar-refractivity contribution in [3.63, 3.8) is 0 Å². The van der Waals surface area contributed by atoms with Gasteiger partial charge in [0.25, 0.3) is 0 Å². The first-order chi connectivity index (χ1) is 7.83. The van der Waals surface area contributed by atoms with Gasteiger partial charge in [-0.2, -0.15) is 0 Å². The fraction of sp³-hybridized carbons (Fsp3) is 0.583. The molecule has 0 radical (unpaired) electrons. The maximum absolute atomic E-state index is 5.95. The highest BCUT2D eigenvalue weighted by atomic mass is 35.5. The van der Waals surface area contributed by atoms with Gasteiger partial charge in [-0.05, 0) is 24.8 Å². The molecule has 3 nitrogen and oxygen atoms in total. The highest BCUT2D eigenvalue weighted by Gasteiger charge is 2.28. The minimum atomic E-state index is 0.580. The Balaban J connectivity index is 1.89. The molecule has 1 fully saturated rings. The third kappa shape index (κ3) is 1.84. The van der Waals surface area contributed by atoms with Gasteiger partial charge in [-0.15, -0.1) is 0 Å². The molecule has 0 aromatic carbocycles. The van der Waals surface area contributed by atoms with Gasteiger partial charge < -0.3 is 10.6 Å². The van der Waals surface area contributed by atoms with Crippen LogP contribution >= 0.6 is 11.6 Å². The van der Waals surface area contributed by atoms with Gasteiger partial charge in [0.1, 0.15) is 5.82 Å². The van der Waals surface area contributed by atoms with Crippen molar-refractivity contribution >= 4 is 23.1 Å². The second-order valence-corrected chi connectivity index (χ2v) is 5.16. The van der Waals surface area contributed by atoms with Crippen LogP contribution in [0.15, 0.2) is 12.3 Å². The van der Waals surface area contributed by atoms with E-state index in [4.69, 9.17) is 11.6 Å². The summed E-state index contributed by atoms with van der Waals surface area (Å²) < 4.78 is 0. The predicted octanol–water partition coefficient (Wildman–Crippen LogP) is 3.13. The van der Waals surface area contributed by atoms with Crippen LogP contribution in [0.3, 0.4) is 0 Å². The van der Waals surface area contributed by atoms with Gasteiger partial charge >= 0.3 is 0 Å². The average molecular weight is 238 g/mol. The van der Waals surface area contributed by atoms with Gasteiger partial charge in [0.05, 0.1) is 10.7 Å². The van der Waals surface area contributed by atoms with Crippen molar-refractivity contribution in [2.24, 2.45) is 5.92 Å². The summed E-state index contributed by atoms with van der Waals surface area (Å²) in [5, 5.41) is 7.70. The number of nitrogens with one attached hydrogen (secondary N) is 2. The molecule has 1 aliphatic heterocycles. The second kappa shape index (κ2) is 4.13. The monoisotopic (exact) mass is 237 g/mol. The summed E-state index contributed by atoms with van der Waals surface area (Å²) >= 11 is 5.95. The third-order valence-electron chi connectivity index (χ3n) is 3.64. The minimum absolute atomic E-state index is 0.580. The molecule has 2 N–H and O–H groups in total. The molecule has 1 aromatic rings. The maximum atomic E-state index is 5.95. The van der Waals surface area contributed by atoms with Crippen LogP contribution in [-0.4, -0.2) is 17.6 Å². The van der Waals surface area contributed by atoms with Crippen LogP contribution in [0.1, 0.15) is 25.7 Å². The quantitative estimate of drug-likeness (QED) is 0.728. The van der Waals surface area contributed by atoms with Crippen molar-refractivity contribution < 1.29 is 0 Å². The summed E-state index contributed by atoms with van der Waals surface area (Å²) in [5.74, 6) is 1.68. The molecule has 2 heterocycles. The maximum Gasteiger partial charge on any atom is 0.149 e. The van der Waals surface area contributed by atoms with Gasteiger partial charge in [0, 0.05) is 18.8 Å². The molecule has 16 heavy (non-hydrogen) atoms. The minimum Gasteiger partial charge on any atom is -0.382 e. The normalized spacial score (nSPS) is 28.1. The molecule has 0 bridgehead atoms. The molecule has 2 aliphatic rings. The first-order valence-corrected chi connectivity index (χ1v) is 6.37. The van der Waals surface area contributed by atoms with Crippen molar-refractivity contribution in [1.82, 2.24) is 4.98 Å². The van der Waals surface area contributed by atoms with Crippen molar-refractivity contribution in [3.8, 4) is 0 Å². The lowest BCUT2D eigenvalue weighted by Crippen LogP contribution is -2.34. The molecule has 0 spiro atoms. The van der Waals surface area contributed by atoms with Gasteiger partial charge in [0.15, 0.2) is 0 Å². The molecule has 3 rings (SSSR count). The van der Waals surface area contributed by atoms with E-state index in [0.29, 0.717) is 11.1 Å². The molecular weight excluding hydrogens is 222 g/mol. The lowest BCUT2D eigenvalue weighted by Gasteiger charge is -2.30. The van der Waals surface area contributed by atoms with Crippen molar-refractivity contribution in [3.05, 3.63) is 17.3 Å². The van der Waals surface area contributed by atoms with Crippen LogP contribution in [0.5, 0.6) is 0 Å². The highest BCUT2D eigenvalue weighted by molar-refractivity contribution is 6.30. The molecule has 0 saturated heterocycles. The number of halogens is 1. The van der Waals surface area contributed by atoms with E-state index in [2.05, 4.69) is 15.6 Å². The summed E-state index contributed by atoms with van der Waals surface area (Å²) in [6.07, 6.45) is 6.97. The summed E-state index contributed by atoms with van der Waals surface area (Å²) in [6, 6.07) is 2.53. The fourth-order valence-corrected chi connectivity index (χ4v) is 2.91. The average Bonchev–Trinajstić information content (AvgIpc) is 2.48. The van der Waals surface area contributed by atoms with E-state index in [1.165, 1.54) is 25.7 Å². The summed E-state index contributed by atoms with van der Waals surface area (Å²) in [7, 11) is 0. The number of fused-ring (bicyclic) bond motifs is 2. The first kappa shape index (κ1) is 10.2. The van der Waals surface area contributed by atoms with Gasteiger partial charge in [-0.1, -0.05) is 24.4 Å². The van der Waals surface area contributed by atoms with E-state index >= 15 is 0 Å². The Labute approximate surface area is 101 Å². The first-order valence-electron chi connectivity index (χ1n) is 5.99. The molecule has 86 valence electrons. The Kier molecular flexibility index (Phi) is 2.64. The summed E-state index contributed by atoms with van der Waals surface area (Å²) in [4.78, 5) is 4.36. The zero-order valence-electron chi connectivity index (χ0n) is 9.17. The number of hydrogen-bond donors (Lipinski definition) is 2. The van der Waals surface area contributed by atoms with Crippen LogP contribution in [0, 0.1) is 5.92 Å². The fourth-order valence-electron chi connectivity index (χ4n) is 2.75. The molecular formula is C12H16ClN3. The van der Waals surface area contributed by atoms with Gasteiger partial charge in [0.2, 0.25) is 0 Å². The van der Waals surface area contributed by atoms with Crippen LogP contribution in [0.4, 0.5) is 11.5 Å². The Bertz CT molecular complexity index is 394. The molecule has 0 amide bonds.